The molecule has 0 radical (unpaired) electrons. The van der Waals surface area contributed by atoms with Gasteiger partial charge in [-0.3, -0.25) is 0 Å². The Labute approximate surface area is 216 Å². The molecule has 3 aromatic carbocycles. The van der Waals surface area contributed by atoms with E-state index in [2.05, 4.69) is 84.9 Å². The molecule has 33 heavy (non-hydrogen) atoms. The Kier molecular flexibility index (Phi) is 8.95. The molecule has 1 atom stereocenters. The van der Waals surface area contributed by atoms with Crippen LogP contribution in [0.15, 0.2) is 84.9 Å². The third-order valence-corrected chi connectivity index (χ3v) is 8.25. The molecular formula is C28H33INO2P. The van der Waals surface area contributed by atoms with Gasteiger partial charge in [0.25, 0.3) is 0 Å². The fraction of sp³-hybridized carbons (Fsp3) is 0.321. The second-order valence-electron chi connectivity index (χ2n) is 9.42. The van der Waals surface area contributed by atoms with Crippen LogP contribution in [-0.2, 0) is 11.2 Å². The van der Waals surface area contributed by atoms with Gasteiger partial charge in [-0.25, -0.2) is 4.79 Å². The van der Waals surface area contributed by atoms with Crippen LogP contribution >= 0.6 is 31.9 Å². The van der Waals surface area contributed by atoms with Crippen LogP contribution in [0, 0.1) is 5.92 Å². The zero-order valence-corrected chi connectivity index (χ0v) is 22.8. The fourth-order valence-corrected chi connectivity index (χ4v) is 6.77. The molecule has 5 heteroatoms. The van der Waals surface area contributed by atoms with E-state index in [-0.39, 0.29) is 30.1 Å². The number of amides is 1. The summed E-state index contributed by atoms with van der Waals surface area (Å²) in [7, 11) is -0.634. The van der Waals surface area contributed by atoms with E-state index in [4.69, 9.17) is 4.74 Å². The van der Waals surface area contributed by atoms with Crippen LogP contribution in [0.2, 0.25) is 0 Å². The molecule has 1 amide bonds. The van der Waals surface area contributed by atoms with Crippen molar-refractivity contribution in [2.24, 2.45) is 5.92 Å². The molecule has 1 fully saturated rings. The monoisotopic (exact) mass is 573 g/mol. The number of carbonyl (C=O) groups is 1. The average Bonchev–Trinajstić information content (AvgIpc) is 3.24. The van der Waals surface area contributed by atoms with Gasteiger partial charge in [0.1, 0.15) is 5.60 Å². The molecule has 1 heterocycles. The van der Waals surface area contributed by atoms with Crippen molar-refractivity contribution in [1.29, 1.82) is 0 Å². The molecule has 3 nitrogen and oxygen atoms in total. The lowest BCUT2D eigenvalue weighted by Gasteiger charge is -2.25. The summed E-state index contributed by atoms with van der Waals surface area (Å²) in [5, 5.41) is 4.14. The number of hydrogen-bond donors (Lipinski definition) is 0. The third-order valence-electron chi connectivity index (χ3n) is 5.71. The van der Waals surface area contributed by atoms with Crippen LogP contribution in [0.5, 0.6) is 0 Å². The van der Waals surface area contributed by atoms with Crippen molar-refractivity contribution in [3.8, 4) is 0 Å². The number of rotatable bonds is 5. The first kappa shape index (κ1) is 25.7. The first-order chi connectivity index (χ1) is 15.4. The number of benzene rings is 3. The molecule has 0 saturated carbocycles. The first-order valence-electron chi connectivity index (χ1n) is 11.4. The summed E-state index contributed by atoms with van der Waals surface area (Å²) in [6.07, 6.45) is 1.81. The Morgan fingerprint density at radius 2 is 1.45 bits per heavy atom. The number of carbonyl (C=O) groups excluding carboxylic acids is 1. The lowest BCUT2D eigenvalue weighted by atomic mass is 9.99. The molecule has 0 aromatic heterocycles. The average molecular weight is 573 g/mol. The van der Waals surface area contributed by atoms with Gasteiger partial charge in [-0.05, 0) is 68.9 Å². The van der Waals surface area contributed by atoms with E-state index in [1.54, 1.807) is 0 Å². The summed E-state index contributed by atoms with van der Waals surface area (Å²) in [6.45, 7) is 7.30. The summed E-state index contributed by atoms with van der Waals surface area (Å²) in [5.74, 6) is 0.451. The fourth-order valence-electron chi connectivity index (χ4n) is 4.29. The lowest BCUT2D eigenvalue weighted by Crippen LogP contribution is -2.35. The van der Waals surface area contributed by atoms with Gasteiger partial charge in [0.05, 0.1) is 0 Å². The van der Waals surface area contributed by atoms with E-state index in [1.807, 2.05) is 25.7 Å². The van der Waals surface area contributed by atoms with Crippen LogP contribution in [0.4, 0.5) is 4.79 Å². The first-order valence-corrected chi connectivity index (χ1v) is 12.7. The van der Waals surface area contributed by atoms with Crippen LogP contribution in [0.25, 0.3) is 0 Å². The Balaban J connectivity index is 0.00000306. The third kappa shape index (κ3) is 6.80. The number of ether oxygens (including phenoxy) is 1. The van der Waals surface area contributed by atoms with Crippen molar-refractivity contribution in [3.05, 3.63) is 90.5 Å². The molecular weight excluding hydrogens is 540 g/mol. The predicted molar refractivity (Wildman–Crippen MR) is 150 cm³/mol. The van der Waals surface area contributed by atoms with Gasteiger partial charge in [-0.2, -0.15) is 0 Å². The van der Waals surface area contributed by atoms with E-state index in [9.17, 15) is 4.79 Å². The minimum Gasteiger partial charge on any atom is -0.444 e. The van der Waals surface area contributed by atoms with Crippen molar-refractivity contribution in [2.45, 2.75) is 39.2 Å². The molecule has 1 aliphatic rings. The maximum absolute atomic E-state index is 12.5. The van der Waals surface area contributed by atoms with Gasteiger partial charge in [0, 0.05) is 13.1 Å². The standard InChI is InChI=1S/C28H32NO2P.HI/c1-28(2,3)31-27(30)29-19-18-22(21-29)20-23-12-10-11-17-26(23)32(24-13-6-4-7-14-24)25-15-8-5-9-16-25;/h4-17,22H,18-21H2,1-3H3;1H/t22-;/m1./s1. The zero-order chi connectivity index (χ0) is 22.6. The largest absolute Gasteiger partial charge is 0.444 e. The van der Waals surface area contributed by atoms with E-state index in [0.717, 1.165) is 25.9 Å². The molecule has 3 aromatic rings. The lowest BCUT2D eigenvalue weighted by molar-refractivity contribution is 0.0288. The van der Waals surface area contributed by atoms with E-state index >= 15 is 0 Å². The minimum absolute atomic E-state index is 0. The quantitative estimate of drug-likeness (QED) is 0.283. The van der Waals surface area contributed by atoms with E-state index in [1.165, 1.54) is 21.5 Å². The highest BCUT2D eigenvalue weighted by Crippen LogP contribution is 2.35. The minimum atomic E-state index is -0.634. The molecule has 0 unspecified atom stereocenters. The number of halogens is 1. The maximum Gasteiger partial charge on any atom is 0.410 e. The Hall–Kier alpha value is -1.91. The van der Waals surface area contributed by atoms with Gasteiger partial charge >= 0.3 is 6.09 Å². The van der Waals surface area contributed by atoms with Gasteiger partial charge in [0.15, 0.2) is 0 Å². The molecule has 4 rings (SSSR count). The number of hydrogen-bond acceptors (Lipinski definition) is 2. The van der Waals surface area contributed by atoms with Crippen molar-refractivity contribution >= 4 is 53.9 Å². The predicted octanol–water partition coefficient (Wildman–Crippen LogP) is 5.86. The number of nitrogens with zero attached hydrogens (tertiary/aromatic N) is 1. The summed E-state index contributed by atoms with van der Waals surface area (Å²) in [6, 6.07) is 30.5. The Bertz CT molecular complexity index is 997. The highest BCUT2D eigenvalue weighted by molar-refractivity contribution is 14.0. The SMILES string of the molecule is CC(C)(C)OC(=O)N1CC[C@H](Cc2ccccc2P(c2ccccc2)c2ccccc2)C1.I. The topological polar surface area (TPSA) is 29.5 Å². The van der Waals surface area contributed by atoms with Gasteiger partial charge in [-0.15, -0.1) is 24.0 Å². The van der Waals surface area contributed by atoms with E-state index in [0.29, 0.717) is 5.92 Å². The van der Waals surface area contributed by atoms with Crippen molar-refractivity contribution < 1.29 is 9.53 Å². The van der Waals surface area contributed by atoms with Crippen molar-refractivity contribution in [1.82, 2.24) is 4.90 Å². The molecule has 0 aliphatic carbocycles. The maximum atomic E-state index is 12.5. The van der Waals surface area contributed by atoms with Gasteiger partial charge < -0.3 is 9.64 Å². The summed E-state index contributed by atoms with van der Waals surface area (Å²) in [5.41, 5.74) is 0.936. The normalized spacial score (nSPS) is 15.9. The molecule has 174 valence electrons. The van der Waals surface area contributed by atoms with Gasteiger partial charge in [0.2, 0.25) is 0 Å². The van der Waals surface area contributed by atoms with Crippen LogP contribution in [-0.4, -0.2) is 29.7 Å². The molecule has 1 aliphatic heterocycles. The van der Waals surface area contributed by atoms with Crippen LogP contribution in [0.1, 0.15) is 32.8 Å². The van der Waals surface area contributed by atoms with Crippen molar-refractivity contribution in [2.75, 3.05) is 13.1 Å². The highest BCUT2D eigenvalue weighted by atomic mass is 127. The summed E-state index contributed by atoms with van der Waals surface area (Å²) < 4.78 is 5.59. The summed E-state index contributed by atoms with van der Waals surface area (Å²) in [4.78, 5) is 14.4. The van der Waals surface area contributed by atoms with E-state index < -0.39 is 13.5 Å². The summed E-state index contributed by atoms with van der Waals surface area (Å²) >= 11 is 0. The molecule has 0 bridgehead atoms. The number of likely N-dealkylation sites (tertiary alicyclic amines) is 1. The Morgan fingerprint density at radius 3 is 2.03 bits per heavy atom. The second-order valence-corrected chi connectivity index (χ2v) is 11.6. The second kappa shape index (κ2) is 11.5. The van der Waals surface area contributed by atoms with Crippen LogP contribution in [0.3, 0.4) is 0 Å². The molecule has 0 spiro atoms. The zero-order valence-electron chi connectivity index (χ0n) is 19.6. The van der Waals surface area contributed by atoms with Crippen LogP contribution < -0.4 is 15.9 Å². The molecule has 1 saturated heterocycles. The highest BCUT2D eigenvalue weighted by Gasteiger charge is 2.30. The molecule has 0 N–H and O–H groups in total. The van der Waals surface area contributed by atoms with Crippen molar-refractivity contribution in [3.63, 3.8) is 0 Å². The van der Waals surface area contributed by atoms with Gasteiger partial charge in [-0.1, -0.05) is 84.9 Å². The Morgan fingerprint density at radius 1 is 0.909 bits per heavy atom. The smallest absolute Gasteiger partial charge is 0.410 e.